The summed E-state index contributed by atoms with van der Waals surface area (Å²) in [5, 5.41) is 0. The van der Waals surface area contributed by atoms with Crippen LogP contribution < -0.4 is 5.73 Å². The normalized spacial score (nSPS) is 18.4. The molecule has 0 aromatic carbocycles. The van der Waals surface area contributed by atoms with E-state index in [4.69, 9.17) is 17.3 Å². The molecule has 0 saturated heterocycles. The molecule has 0 radical (unpaired) electrons. The minimum Gasteiger partial charge on any atom is -0.329 e. The third-order valence-electron chi connectivity index (χ3n) is 2.90. The van der Waals surface area contributed by atoms with Crippen LogP contribution in [0.4, 0.5) is 0 Å². The van der Waals surface area contributed by atoms with Gasteiger partial charge in [-0.15, -0.1) is 11.3 Å². The summed E-state index contributed by atoms with van der Waals surface area (Å²) in [6, 6.07) is 0.519. The molecule has 1 heterocycles. The molecule has 2 N–H and O–H groups in total. The fourth-order valence-corrected chi connectivity index (χ4v) is 2.97. The minimum absolute atomic E-state index is 0.519. The van der Waals surface area contributed by atoms with Gasteiger partial charge in [-0.05, 0) is 25.8 Å². The summed E-state index contributed by atoms with van der Waals surface area (Å²) < 4.78 is 0.620. The zero-order valence-electron chi connectivity index (χ0n) is 8.82. The van der Waals surface area contributed by atoms with Crippen molar-refractivity contribution in [2.75, 3.05) is 13.6 Å². The number of rotatable bonds is 5. The van der Waals surface area contributed by atoms with Crippen molar-refractivity contribution in [2.45, 2.75) is 25.4 Å². The van der Waals surface area contributed by atoms with E-state index in [1.165, 1.54) is 17.7 Å². The summed E-state index contributed by atoms with van der Waals surface area (Å²) in [5.41, 5.74) is 5.79. The summed E-state index contributed by atoms with van der Waals surface area (Å²) in [6.45, 7) is 1.65. The maximum atomic E-state index is 5.80. The largest absolute Gasteiger partial charge is 0.329 e. The van der Waals surface area contributed by atoms with Crippen LogP contribution in [0.2, 0.25) is 4.47 Å². The van der Waals surface area contributed by atoms with Crippen molar-refractivity contribution in [3.8, 4) is 0 Å². The third-order valence-corrected chi connectivity index (χ3v) is 4.00. The van der Waals surface area contributed by atoms with Gasteiger partial charge < -0.3 is 5.73 Å². The van der Waals surface area contributed by atoms with E-state index in [1.54, 1.807) is 11.3 Å². The predicted octanol–water partition coefficient (Wildman–Crippen LogP) is 1.97. The van der Waals surface area contributed by atoms with Crippen molar-refractivity contribution < 1.29 is 0 Å². The Morgan fingerprint density at radius 1 is 1.73 bits per heavy atom. The molecule has 1 atom stereocenters. The highest BCUT2D eigenvalue weighted by molar-refractivity contribution is 7.15. The lowest BCUT2D eigenvalue weighted by Crippen LogP contribution is -2.38. The Kier molecular flexibility index (Phi) is 3.61. The van der Waals surface area contributed by atoms with E-state index in [-0.39, 0.29) is 0 Å². The number of hydrogen-bond donors (Lipinski definition) is 1. The first kappa shape index (κ1) is 11.3. The van der Waals surface area contributed by atoms with Gasteiger partial charge in [0.1, 0.15) is 0 Å². The van der Waals surface area contributed by atoms with Crippen LogP contribution in [0.5, 0.6) is 0 Å². The summed E-state index contributed by atoms with van der Waals surface area (Å²) >= 11 is 7.34. The van der Waals surface area contributed by atoms with Gasteiger partial charge in [0.2, 0.25) is 0 Å². The number of thiazole rings is 1. The molecule has 1 saturated carbocycles. The zero-order chi connectivity index (χ0) is 10.8. The lowest BCUT2D eigenvalue weighted by Gasteiger charge is -2.26. The SMILES string of the molecule is CN(Cc1cnc(Cl)s1)C(CN)C1CC1. The Balaban J connectivity index is 1.92. The maximum Gasteiger partial charge on any atom is 0.183 e. The van der Waals surface area contributed by atoms with Gasteiger partial charge in [-0.1, -0.05) is 11.6 Å². The van der Waals surface area contributed by atoms with Crippen molar-refractivity contribution in [2.24, 2.45) is 11.7 Å². The maximum absolute atomic E-state index is 5.80. The molecule has 84 valence electrons. The second-order valence-electron chi connectivity index (χ2n) is 4.14. The molecule has 1 aliphatic rings. The van der Waals surface area contributed by atoms with Gasteiger partial charge in [0.15, 0.2) is 4.47 Å². The first-order chi connectivity index (χ1) is 7.20. The highest BCUT2D eigenvalue weighted by atomic mass is 35.5. The number of hydrogen-bond acceptors (Lipinski definition) is 4. The summed E-state index contributed by atoms with van der Waals surface area (Å²) in [4.78, 5) is 7.57. The second-order valence-corrected chi connectivity index (χ2v) is 5.83. The lowest BCUT2D eigenvalue weighted by atomic mass is 10.1. The zero-order valence-corrected chi connectivity index (χ0v) is 10.4. The molecule has 0 bridgehead atoms. The van der Waals surface area contributed by atoms with Gasteiger partial charge in [-0.3, -0.25) is 4.90 Å². The molecule has 3 nitrogen and oxygen atoms in total. The lowest BCUT2D eigenvalue weighted by molar-refractivity contribution is 0.217. The minimum atomic E-state index is 0.519. The summed E-state index contributed by atoms with van der Waals surface area (Å²) in [7, 11) is 2.13. The van der Waals surface area contributed by atoms with Gasteiger partial charge in [0.25, 0.3) is 0 Å². The molecule has 1 fully saturated rings. The number of nitrogens with two attached hydrogens (primary N) is 1. The fourth-order valence-electron chi connectivity index (χ4n) is 1.93. The number of likely N-dealkylation sites (N-methyl/N-ethyl adjacent to an activating group) is 1. The van der Waals surface area contributed by atoms with Gasteiger partial charge in [0.05, 0.1) is 0 Å². The standard InChI is InChI=1S/C10H16ClN3S/c1-14(9(4-12)7-2-3-7)6-8-5-13-10(11)15-8/h5,7,9H,2-4,6,12H2,1H3. The quantitative estimate of drug-likeness (QED) is 0.863. The van der Waals surface area contributed by atoms with E-state index in [1.807, 2.05) is 6.20 Å². The average Bonchev–Trinajstić information content (AvgIpc) is 2.93. The Bertz CT molecular complexity index is 324. The molecule has 0 spiro atoms. The van der Waals surface area contributed by atoms with Gasteiger partial charge >= 0.3 is 0 Å². The van der Waals surface area contributed by atoms with Crippen LogP contribution in [0.25, 0.3) is 0 Å². The topological polar surface area (TPSA) is 42.2 Å². The smallest absolute Gasteiger partial charge is 0.183 e. The van der Waals surface area contributed by atoms with Crippen LogP contribution >= 0.6 is 22.9 Å². The molecular formula is C10H16ClN3S. The predicted molar refractivity (Wildman–Crippen MR) is 64.2 cm³/mol. The van der Waals surface area contributed by atoms with Crippen molar-refractivity contribution in [1.29, 1.82) is 0 Å². The third kappa shape index (κ3) is 2.91. The highest BCUT2D eigenvalue weighted by Gasteiger charge is 2.32. The average molecular weight is 246 g/mol. The van der Waals surface area contributed by atoms with E-state index < -0.39 is 0 Å². The molecule has 1 aliphatic carbocycles. The van der Waals surface area contributed by atoms with Crippen molar-refractivity contribution >= 4 is 22.9 Å². The Hall–Kier alpha value is -0.160. The molecule has 1 aromatic rings. The second kappa shape index (κ2) is 4.78. The van der Waals surface area contributed by atoms with Crippen molar-refractivity contribution in [3.05, 3.63) is 15.5 Å². The van der Waals surface area contributed by atoms with E-state index in [2.05, 4.69) is 16.9 Å². The fraction of sp³-hybridized carbons (Fsp3) is 0.700. The highest BCUT2D eigenvalue weighted by Crippen LogP contribution is 2.35. The van der Waals surface area contributed by atoms with E-state index in [0.29, 0.717) is 10.5 Å². The first-order valence-corrected chi connectivity index (χ1v) is 6.40. The van der Waals surface area contributed by atoms with Crippen LogP contribution in [0.3, 0.4) is 0 Å². The van der Waals surface area contributed by atoms with Crippen molar-refractivity contribution in [3.63, 3.8) is 0 Å². The first-order valence-electron chi connectivity index (χ1n) is 5.21. The Labute approximate surface area is 99.2 Å². The number of aromatic nitrogens is 1. The molecule has 5 heteroatoms. The van der Waals surface area contributed by atoms with Gasteiger partial charge in [-0.25, -0.2) is 4.98 Å². The Morgan fingerprint density at radius 3 is 2.93 bits per heavy atom. The van der Waals surface area contributed by atoms with E-state index >= 15 is 0 Å². The molecular weight excluding hydrogens is 230 g/mol. The molecule has 1 unspecified atom stereocenters. The van der Waals surface area contributed by atoms with Crippen LogP contribution in [0.1, 0.15) is 17.7 Å². The Morgan fingerprint density at radius 2 is 2.47 bits per heavy atom. The molecule has 0 aliphatic heterocycles. The number of nitrogens with zero attached hydrogens (tertiary/aromatic N) is 2. The molecule has 15 heavy (non-hydrogen) atoms. The van der Waals surface area contributed by atoms with Crippen LogP contribution in [-0.4, -0.2) is 29.5 Å². The molecule has 1 aromatic heterocycles. The van der Waals surface area contributed by atoms with Crippen molar-refractivity contribution in [1.82, 2.24) is 9.88 Å². The van der Waals surface area contributed by atoms with E-state index in [0.717, 1.165) is 19.0 Å². The van der Waals surface area contributed by atoms with Crippen LogP contribution in [-0.2, 0) is 6.54 Å². The summed E-state index contributed by atoms with van der Waals surface area (Å²) in [5.74, 6) is 0.809. The molecule has 0 amide bonds. The molecule has 2 rings (SSSR count). The van der Waals surface area contributed by atoms with Crippen LogP contribution in [0, 0.1) is 5.92 Å². The summed E-state index contributed by atoms with van der Waals surface area (Å²) in [6.07, 6.45) is 4.51. The van der Waals surface area contributed by atoms with Gasteiger partial charge in [0, 0.05) is 30.2 Å². The van der Waals surface area contributed by atoms with E-state index in [9.17, 15) is 0 Å². The van der Waals surface area contributed by atoms with Gasteiger partial charge in [-0.2, -0.15) is 0 Å². The number of halogens is 1. The van der Waals surface area contributed by atoms with Crippen LogP contribution in [0.15, 0.2) is 6.20 Å². The monoisotopic (exact) mass is 245 g/mol.